The normalized spacial score (nSPS) is 10.1. The van der Waals surface area contributed by atoms with Crippen LogP contribution in [0, 0.1) is 18.3 Å². The van der Waals surface area contributed by atoms with Gasteiger partial charge in [-0.05, 0) is 32.0 Å². The highest BCUT2D eigenvalue weighted by atomic mass is 15.3. The molecule has 0 fully saturated rings. The maximum absolute atomic E-state index is 8.87. The Morgan fingerprint density at radius 1 is 1.50 bits per heavy atom. The van der Waals surface area contributed by atoms with E-state index in [-0.39, 0.29) is 0 Å². The number of rotatable bonds is 3. The predicted octanol–water partition coefficient (Wildman–Crippen LogP) is 2.41. The largest absolute Gasteiger partial charge is 0.394 e. The molecule has 0 amide bonds. The van der Waals surface area contributed by atoms with Crippen LogP contribution in [0.3, 0.4) is 0 Å². The molecule has 1 aromatic carbocycles. The highest BCUT2D eigenvalue weighted by molar-refractivity contribution is 5.71. The first-order chi connectivity index (χ1) is 8.65. The van der Waals surface area contributed by atoms with Crippen LogP contribution in [0.5, 0.6) is 0 Å². The van der Waals surface area contributed by atoms with Crippen LogP contribution in [0.2, 0.25) is 0 Å². The van der Waals surface area contributed by atoms with Crippen LogP contribution in [0.25, 0.3) is 0 Å². The standard InChI is InChI=1S/C13H15N5/c1-3-18-13(12(15)9(2)17-18)16-11-6-4-5-10(7-11)8-14/h4-7,16H,3,15H2,1-2H3. The van der Waals surface area contributed by atoms with E-state index in [4.69, 9.17) is 11.0 Å². The molecule has 0 aliphatic carbocycles. The summed E-state index contributed by atoms with van der Waals surface area (Å²) >= 11 is 0. The quantitative estimate of drug-likeness (QED) is 0.864. The zero-order valence-electron chi connectivity index (χ0n) is 10.4. The van der Waals surface area contributed by atoms with Crippen molar-refractivity contribution in [2.24, 2.45) is 0 Å². The molecule has 5 heteroatoms. The Kier molecular flexibility index (Phi) is 3.20. The van der Waals surface area contributed by atoms with Crippen molar-refractivity contribution in [2.75, 3.05) is 11.1 Å². The Morgan fingerprint density at radius 3 is 2.94 bits per heavy atom. The van der Waals surface area contributed by atoms with E-state index in [1.807, 2.05) is 30.7 Å². The molecular weight excluding hydrogens is 226 g/mol. The van der Waals surface area contributed by atoms with Crippen LogP contribution < -0.4 is 11.1 Å². The summed E-state index contributed by atoms with van der Waals surface area (Å²) in [5.41, 5.74) is 8.86. The van der Waals surface area contributed by atoms with E-state index in [1.54, 1.807) is 12.1 Å². The van der Waals surface area contributed by atoms with E-state index >= 15 is 0 Å². The predicted molar refractivity (Wildman–Crippen MR) is 71.5 cm³/mol. The molecule has 0 radical (unpaired) electrons. The summed E-state index contributed by atoms with van der Waals surface area (Å²) in [5, 5.41) is 16.4. The zero-order chi connectivity index (χ0) is 13.1. The Balaban J connectivity index is 2.36. The van der Waals surface area contributed by atoms with Crippen molar-refractivity contribution in [2.45, 2.75) is 20.4 Å². The molecule has 92 valence electrons. The van der Waals surface area contributed by atoms with Gasteiger partial charge in [0.1, 0.15) is 0 Å². The summed E-state index contributed by atoms with van der Waals surface area (Å²) in [6, 6.07) is 9.37. The molecule has 0 aliphatic rings. The van der Waals surface area contributed by atoms with Gasteiger partial charge in [0.2, 0.25) is 0 Å². The van der Waals surface area contributed by atoms with Crippen molar-refractivity contribution in [3.05, 3.63) is 35.5 Å². The van der Waals surface area contributed by atoms with Crippen molar-refractivity contribution in [3.8, 4) is 6.07 Å². The van der Waals surface area contributed by atoms with Crippen LogP contribution >= 0.6 is 0 Å². The number of hydrogen-bond acceptors (Lipinski definition) is 4. The molecule has 1 heterocycles. The summed E-state index contributed by atoms with van der Waals surface area (Å²) in [6.07, 6.45) is 0. The van der Waals surface area contributed by atoms with Gasteiger partial charge in [-0.25, -0.2) is 4.68 Å². The van der Waals surface area contributed by atoms with Crippen LogP contribution in [-0.2, 0) is 6.54 Å². The van der Waals surface area contributed by atoms with Crippen molar-refractivity contribution in [1.29, 1.82) is 5.26 Å². The molecule has 0 saturated carbocycles. The highest BCUT2D eigenvalue weighted by Crippen LogP contribution is 2.26. The number of hydrogen-bond donors (Lipinski definition) is 2. The number of benzene rings is 1. The molecule has 0 spiro atoms. The Hall–Kier alpha value is -2.48. The topological polar surface area (TPSA) is 79.7 Å². The van der Waals surface area contributed by atoms with E-state index in [0.717, 1.165) is 23.7 Å². The Labute approximate surface area is 106 Å². The molecule has 3 N–H and O–H groups in total. The van der Waals surface area contributed by atoms with E-state index in [1.165, 1.54) is 0 Å². The summed E-state index contributed by atoms with van der Waals surface area (Å²) < 4.78 is 1.81. The average Bonchev–Trinajstić information content (AvgIpc) is 2.67. The lowest BCUT2D eigenvalue weighted by molar-refractivity contribution is 0.661. The van der Waals surface area contributed by atoms with Gasteiger partial charge in [-0.15, -0.1) is 0 Å². The molecule has 0 bridgehead atoms. The average molecular weight is 241 g/mol. The fourth-order valence-corrected chi connectivity index (χ4v) is 1.76. The van der Waals surface area contributed by atoms with Gasteiger partial charge >= 0.3 is 0 Å². The van der Waals surface area contributed by atoms with Gasteiger partial charge in [-0.3, -0.25) is 0 Å². The highest BCUT2D eigenvalue weighted by Gasteiger charge is 2.11. The third-order valence-electron chi connectivity index (χ3n) is 2.73. The first-order valence-electron chi connectivity index (χ1n) is 5.75. The van der Waals surface area contributed by atoms with Gasteiger partial charge in [-0.2, -0.15) is 10.4 Å². The first kappa shape index (κ1) is 12.0. The smallest absolute Gasteiger partial charge is 0.152 e. The number of nitrogen functional groups attached to an aromatic ring is 1. The second-order valence-corrected chi connectivity index (χ2v) is 3.98. The summed E-state index contributed by atoms with van der Waals surface area (Å²) in [5.74, 6) is 0.769. The van der Waals surface area contributed by atoms with Gasteiger partial charge in [0.15, 0.2) is 5.82 Å². The van der Waals surface area contributed by atoms with Gasteiger partial charge in [0.25, 0.3) is 0 Å². The minimum absolute atomic E-state index is 0.609. The van der Waals surface area contributed by atoms with Crippen molar-refractivity contribution in [3.63, 3.8) is 0 Å². The third-order valence-corrected chi connectivity index (χ3v) is 2.73. The SMILES string of the molecule is CCn1nc(C)c(N)c1Nc1cccc(C#N)c1. The molecular formula is C13H15N5. The molecule has 0 unspecified atom stereocenters. The van der Waals surface area contributed by atoms with Gasteiger partial charge in [-0.1, -0.05) is 6.07 Å². The van der Waals surface area contributed by atoms with E-state index in [9.17, 15) is 0 Å². The number of anilines is 3. The van der Waals surface area contributed by atoms with E-state index in [2.05, 4.69) is 16.5 Å². The van der Waals surface area contributed by atoms with Gasteiger partial charge in [0.05, 0.1) is 23.0 Å². The van der Waals surface area contributed by atoms with Crippen LogP contribution in [0.15, 0.2) is 24.3 Å². The molecule has 0 saturated heterocycles. The number of nitrogens with zero attached hydrogens (tertiary/aromatic N) is 3. The molecule has 2 rings (SSSR count). The van der Waals surface area contributed by atoms with E-state index in [0.29, 0.717) is 11.3 Å². The monoisotopic (exact) mass is 241 g/mol. The number of aromatic nitrogens is 2. The minimum Gasteiger partial charge on any atom is -0.394 e. The molecule has 5 nitrogen and oxygen atoms in total. The molecule has 0 aliphatic heterocycles. The first-order valence-corrected chi connectivity index (χ1v) is 5.75. The van der Waals surface area contributed by atoms with E-state index < -0.39 is 0 Å². The van der Waals surface area contributed by atoms with Crippen LogP contribution in [0.4, 0.5) is 17.2 Å². The number of nitriles is 1. The lowest BCUT2D eigenvalue weighted by atomic mass is 10.2. The minimum atomic E-state index is 0.609. The number of nitrogens with two attached hydrogens (primary N) is 1. The third kappa shape index (κ3) is 2.13. The summed E-state index contributed by atoms with van der Waals surface area (Å²) in [7, 11) is 0. The van der Waals surface area contributed by atoms with Crippen molar-refractivity contribution >= 4 is 17.2 Å². The zero-order valence-corrected chi connectivity index (χ0v) is 10.4. The summed E-state index contributed by atoms with van der Waals surface area (Å²) in [6.45, 7) is 4.61. The number of aryl methyl sites for hydroxylation is 2. The van der Waals surface area contributed by atoms with Gasteiger partial charge in [0, 0.05) is 12.2 Å². The van der Waals surface area contributed by atoms with Gasteiger partial charge < -0.3 is 11.1 Å². The summed E-state index contributed by atoms with van der Waals surface area (Å²) in [4.78, 5) is 0. The van der Waals surface area contributed by atoms with Crippen LogP contribution in [0.1, 0.15) is 18.2 Å². The molecule has 1 aromatic heterocycles. The molecule has 0 atom stereocenters. The Morgan fingerprint density at radius 2 is 2.28 bits per heavy atom. The maximum atomic E-state index is 8.87. The lowest BCUT2D eigenvalue weighted by Gasteiger charge is -2.09. The second-order valence-electron chi connectivity index (χ2n) is 3.98. The molecule has 2 aromatic rings. The lowest BCUT2D eigenvalue weighted by Crippen LogP contribution is -2.04. The van der Waals surface area contributed by atoms with Crippen molar-refractivity contribution < 1.29 is 0 Å². The Bertz CT molecular complexity index is 606. The maximum Gasteiger partial charge on any atom is 0.152 e. The van der Waals surface area contributed by atoms with Crippen molar-refractivity contribution in [1.82, 2.24) is 9.78 Å². The fourth-order valence-electron chi connectivity index (χ4n) is 1.76. The fraction of sp³-hybridized carbons (Fsp3) is 0.231. The molecule has 18 heavy (non-hydrogen) atoms. The number of nitrogens with one attached hydrogen (secondary N) is 1. The second kappa shape index (κ2) is 4.80. The van der Waals surface area contributed by atoms with Crippen LogP contribution in [-0.4, -0.2) is 9.78 Å².